The topological polar surface area (TPSA) is 96.3 Å². The van der Waals surface area contributed by atoms with Crippen molar-refractivity contribution in [1.29, 1.82) is 0 Å². The first-order valence-corrected chi connectivity index (χ1v) is 12.4. The van der Waals surface area contributed by atoms with E-state index in [4.69, 9.17) is 21.1 Å². The van der Waals surface area contributed by atoms with Gasteiger partial charge in [-0.25, -0.2) is 0 Å². The van der Waals surface area contributed by atoms with Crippen LogP contribution in [0.2, 0.25) is 5.02 Å². The fourth-order valence-corrected chi connectivity index (χ4v) is 4.49. The summed E-state index contributed by atoms with van der Waals surface area (Å²) in [4.78, 5) is 28.3. The standard InChI is InChI=1S/C29H28ClNO6/c1-4-13-37-21-8-6-7-19(14-21)27(33)25-26(18-10-12-23(32)24(15-18)36-5-2)31(29(35)28(25)34)22-16-20(30)11-9-17(22)3/h6-12,14-16,26,32-33H,4-5,13H2,1-3H3/b27-25+. The zero-order chi connectivity index (χ0) is 26.7. The van der Waals surface area contributed by atoms with Crippen LogP contribution in [0.25, 0.3) is 5.76 Å². The van der Waals surface area contributed by atoms with Gasteiger partial charge in [0.15, 0.2) is 11.5 Å². The van der Waals surface area contributed by atoms with Gasteiger partial charge in [0.1, 0.15) is 11.5 Å². The van der Waals surface area contributed by atoms with Crippen LogP contribution in [0, 0.1) is 6.92 Å². The molecule has 1 aliphatic heterocycles. The molecule has 7 nitrogen and oxygen atoms in total. The molecule has 8 heteroatoms. The van der Waals surface area contributed by atoms with Gasteiger partial charge in [-0.3, -0.25) is 14.5 Å². The SMILES string of the molecule is CCCOc1cccc(/C(O)=C2\C(=O)C(=O)N(c3cc(Cl)ccc3C)C2c2ccc(O)c(OCC)c2)c1. The van der Waals surface area contributed by atoms with Crippen molar-refractivity contribution in [2.45, 2.75) is 33.2 Å². The van der Waals surface area contributed by atoms with E-state index in [1.54, 1.807) is 68.4 Å². The van der Waals surface area contributed by atoms with Gasteiger partial charge < -0.3 is 19.7 Å². The van der Waals surface area contributed by atoms with Crippen LogP contribution in [0.15, 0.2) is 66.2 Å². The molecule has 4 rings (SSSR count). The summed E-state index contributed by atoms with van der Waals surface area (Å²) in [6, 6.07) is 15.4. The smallest absolute Gasteiger partial charge is 0.300 e. The van der Waals surface area contributed by atoms with E-state index in [9.17, 15) is 19.8 Å². The van der Waals surface area contributed by atoms with Crippen molar-refractivity contribution in [1.82, 2.24) is 0 Å². The third kappa shape index (κ3) is 5.13. The third-order valence-corrected chi connectivity index (χ3v) is 6.29. The van der Waals surface area contributed by atoms with Crippen molar-refractivity contribution in [3.63, 3.8) is 0 Å². The lowest BCUT2D eigenvalue weighted by atomic mass is 9.94. The van der Waals surface area contributed by atoms with Crippen molar-refractivity contribution in [2.75, 3.05) is 18.1 Å². The normalized spacial score (nSPS) is 16.8. The summed E-state index contributed by atoms with van der Waals surface area (Å²) < 4.78 is 11.2. The van der Waals surface area contributed by atoms with Crippen LogP contribution in [-0.2, 0) is 9.59 Å². The summed E-state index contributed by atoms with van der Waals surface area (Å²) in [6.07, 6.45) is 0.809. The van der Waals surface area contributed by atoms with E-state index in [2.05, 4.69) is 0 Å². The Kier molecular flexibility index (Phi) is 7.74. The van der Waals surface area contributed by atoms with Gasteiger partial charge in [-0.05, 0) is 67.8 Å². The summed E-state index contributed by atoms with van der Waals surface area (Å²) in [5.41, 5.74) is 1.87. The van der Waals surface area contributed by atoms with Crippen molar-refractivity contribution in [2.24, 2.45) is 0 Å². The van der Waals surface area contributed by atoms with Gasteiger partial charge in [0, 0.05) is 16.3 Å². The lowest BCUT2D eigenvalue weighted by molar-refractivity contribution is -0.132. The second-order valence-electron chi connectivity index (χ2n) is 8.64. The Morgan fingerprint density at radius 1 is 1.03 bits per heavy atom. The first-order chi connectivity index (χ1) is 17.8. The molecule has 2 N–H and O–H groups in total. The van der Waals surface area contributed by atoms with Crippen LogP contribution < -0.4 is 14.4 Å². The summed E-state index contributed by atoms with van der Waals surface area (Å²) in [6.45, 7) is 6.36. The van der Waals surface area contributed by atoms with Crippen LogP contribution in [0.1, 0.15) is 43.0 Å². The number of ether oxygens (including phenoxy) is 2. The number of aliphatic hydroxyl groups excluding tert-OH is 1. The van der Waals surface area contributed by atoms with Gasteiger partial charge >= 0.3 is 0 Å². The predicted octanol–water partition coefficient (Wildman–Crippen LogP) is 6.17. The highest BCUT2D eigenvalue weighted by atomic mass is 35.5. The first-order valence-electron chi connectivity index (χ1n) is 12.0. The van der Waals surface area contributed by atoms with E-state index in [1.165, 1.54) is 11.0 Å². The molecule has 192 valence electrons. The maximum atomic E-state index is 13.5. The number of phenolic OH excluding ortho intramolecular Hbond substituents is 1. The van der Waals surface area contributed by atoms with Gasteiger partial charge in [0.05, 0.1) is 24.8 Å². The van der Waals surface area contributed by atoms with Crippen molar-refractivity contribution in [3.8, 4) is 17.2 Å². The molecule has 1 atom stereocenters. The molecule has 0 saturated carbocycles. The molecule has 0 spiro atoms. The number of anilines is 1. The van der Waals surface area contributed by atoms with Gasteiger partial charge in [0.25, 0.3) is 11.7 Å². The molecule has 0 bridgehead atoms. The number of rotatable bonds is 8. The molecule has 1 aliphatic rings. The fraction of sp³-hybridized carbons (Fsp3) is 0.241. The number of aliphatic hydroxyl groups is 1. The zero-order valence-corrected chi connectivity index (χ0v) is 21.6. The highest BCUT2D eigenvalue weighted by Crippen LogP contribution is 2.45. The van der Waals surface area contributed by atoms with E-state index in [-0.39, 0.29) is 22.8 Å². The second kappa shape index (κ2) is 11.0. The number of Topliss-reactive ketones (excluding diaryl/α,β-unsaturated/α-hetero) is 1. The average Bonchev–Trinajstić information content (AvgIpc) is 3.15. The number of amides is 1. The predicted molar refractivity (Wildman–Crippen MR) is 142 cm³/mol. The highest BCUT2D eigenvalue weighted by Gasteiger charge is 2.47. The van der Waals surface area contributed by atoms with E-state index < -0.39 is 17.7 Å². The molecule has 1 amide bonds. The van der Waals surface area contributed by atoms with Crippen molar-refractivity contribution < 1.29 is 29.3 Å². The second-order valence-corrected chi connectivity index (χ2v) is 9.07. The van der Waals surface area contributed by atoms with E-state index in [1.807, 2.05) is 6.92 Å². The summed E-state index contributed by atoms with van der Waals surface area (Å²) in [5.74, 6) is -1.33. The molecular weight excluding hydrogens is 494 g/mol. The minimum absolute atomic E-state index is 0.0812. The van der Waals surface area contributed by atoms with Gasteiger partial charge in [-0.2, -0.15) is 0 Å². The number of nitrogens with zero attached hydrogens (tertiary/aromatic N) is 1. The molecule has 1 saturated heterocycles. The Balaban J connectivity index is 1.95. The maximum Gasteiger partial charge on any atom is 0.300 e. The van der Waals surface area contributed by atoms with Gasteiger partial charge in [-0.1, -0.05) is 42.8 Å². The Hall–Kier alpha value is -3.97. The molecule has 3 aromatic carbocycles. The number of aryl methyl sites for hydroxylation is 1. The molecule has 1 fully saturated rings. The van der Waals surface area contributed by atoms with Crippen LogP contribution in [0.3, 0.4) is 0 Å². The third-order valence-electron chi connectivity index (χ3n) is 6.05. The largest absolute Gasteiger partial charge is 0.507 e. The molecule has 0 aliphatic carbocycles. The maximum absolute atomic E-state index is 13.5. The number of hydrogen-bond donors (Lipinski definition) is 2. The molecule has 1 unspecified atom stereocenters. The van der Waals surface area contributed by atoms with Crippen LogP contribution in [0.5, 0.6) is 17.2 Å². The Morgan fingerprint density at radius 3 is 2.54 bits per heavy atom. The number of benzene rings is 3. The minimum atomic E-state index is -1.00. The number of hydrogen-bond acceptors (Lipinski definition) is 6. The first kappa shape index (κ1) is 26.1. The number of phenols is 1. The Labute approximate surface area is 220 Å². The highest BCUT2D eigenvalue weighted by molar-refractivity contribution is 6.52. The summed E-state index contributed by atoms with van der Waals surface area (Å²) >= 11 is 6.26. The summed E-state index contributed by atoms with van der Waals surface area (Å²) in [7, 11) is 0. The zero-order valence-electron chi connectivity index (χ0n) is 20.8. The number of ketones is 1. The van der Waals surface area contributed by atoms with E-state index in [0.29, 0.717) is 40.8 Å². The molecular formula is C29H28ClNO6. The molecule has 37 heavy (non-hydrogen) atoms. The van der Waals surface area contributed by atoms with Crippen LogP contribution >= 0.6 is 11.6 Å². The Bertz CT molecular complexity index is 1380. The molecule has 3 aromatic rings. The summed E-state index contributed by atoms with van der Waals surface area (Å²) in [5, 5.41) is 22.1. The molecule has 0 radical (unpaired) electrons. The number of halogens is 1. The van der Waals surface area contributed by atoms with Gasteiger partial charge in [0.2, 0.25) is 0 Å². The van der Waals surface area contributed by atoms with Gasteiger partial charge in [-0.15, -0.1) is 0 Å². The number of aromatic hydroxyl groups is 1. The van der Waals surface area contributed by atoms with E-state index >= 15 is 0 Å². The van der Waals surface area contributed by atoms with E-state index in [0.717, 1.165) is 12.0 Å². The van der Waals surface area contributed by atoms with Crippen molar-refractivity contribution in [3.05, 3.63) is 87.9 Å². The quantitative estimate of drug-likeness (QED) is 0.209. The number of carbonyl (C=O) groups is 2. The average molecular weight is 522 g/mol. The monoisotopic (exact) mass is 521 g/mol. The molecule has 1 heterocycles. The van der Waals surface area contributed by atoms with Crippen LogP contribution in [-0.4, -0.2) is 35.1 Å². The number of carbonyl (C=O) groups excluding carboxylic acids is 2. The Morgan fingerprint density at radius 2 is 1.81 bits per heavy atom. The molecule has 0 aromatic heterocycles. The minimum Gasteiger partial charge on any atom is -0.507 e. The lowest BCUT2D eigenvalue weighted by Crippen LogP contribution is -2.30. The fourth-order valence-electron chi connectivity index (χ4n) is 4.32. The van der Waals surface area contributed by atoms with Crippen molar-refractivity contribution >= 4 is 34.7 Å². The van der Waals surface area contributed by atoms with Crippen LogP contribution in [0.4, 0.5) is 5.69 Å². The lowest BCUT2D eigenvalue weighted by Gasteiger charge is -2.27.